The van der Waals surface area contributed by atoms with Gasteiger partial charge in [0.25, 0.3) is 0 Å². The molecule has 1 unspecified atom stereocenters. The van der Waals surface area contributed by atoms with E-state index in [-0.39, 0.29) is 12.5 Å². The highest BCUT2D eigenvalue weighted by Gasteiger charge is 2.48. The number of rotatable bonds is 1. The van der Waals surface area contributed by atoms with E-state index >= 15 is 0 Å². The molecule has 0 aromatic carbocycles. The van der Waals surface area contributed by atoms with Crippen LogP contribution in [0.2, 0.25) is 0 Å². The molecule has 0 radical (unpaired) electrons. The van der Waals surface area contributed by atoms with Crippen molar-refractivity contribution < 1.29 is 15.3 Å². The topological polar surface area (TPSA) is 60.7 Å². The van der Waals surface area contributed by atoms with Crippen molar-refractivity contribution in [1.82, 2.24) is 0 Å². The van der Waals surface area contributed by atoms with E-state index in [4.69, 9.17) is 5.11 Å². The number of hydrogen-bond acceptors (Lipinski definition) is 3. The molecule has 1 fully saturated rings. The first kappa shape index (κ1) is 8.97. The second-order valence-electron chi connectivity index (χ2n) is 3.77. The molecule has 4 atom stereocenters. The largest absolute Gasteiger partial charge is 0.396 e. The van der Waals surface area contributed by atoms with Crippen molar-refractivity contribution in [2.75, 3.05) is 6.61 Å². The third kappa shape index (κ3) is 1.17. The normalized spacial score (nSPS) is 51.5. The Morgan fingerprint density at radius 2 is 2.00 bits per heavy atom. The van der Waals surface area contributed by atoms with E-state index in [1.807, 2.05) is 6.92 Å². The molecule has 11 heavy (non-hydrogen) atoms. The summed E-state index contributed by atoms with van der Waals surface area (Å²) in [5.41, 5.74) is -0.514. The Kier molecular flexibility index (Phi) is 2.23. The smallest absolute Gasteiger partial charge is 0.0643 e. The second-order valence-corrected chi connectivity index (χ2v) is 3.77. The third-order valence-corrected chi connectivity index (χ3v) is 3.18. The van der Waals surface area contributed by atoms with Gasteiger partial charge in [0.1, 0.15) is 0 Å². The Labute approximate surface area is 66.7 Å². The highest BCUT2D eigenvalue weighted by Crippen LogP contribution is 2.42. The van der Waals surface area contributed by atoms with Crippen molar-refractivity contribution in [1.29, 1.82) is 0 Å². The SMILES string of the molecule is C[C@@H]1[C@@H](O)CC(O)[C@@]1(C)CO. The zero-order chi connectivity index (χ0) is 8.65. The van der Waals surface area contributed by atoms with E-state index in [1.165, 1.54) is 0 Å². The highest BCUT2D eigenvalue weighted by molar-refractivity contribution is 4.97. The minimum atomic E-state index is -0.572. The number of hydrogen-bond donors (Lipinski definition) is 3. The predicted molar refractivity (Wildman–Crippen MR) is 41.0 cm³/mol. The summed E-state index contributed by atoms with van der Waals surface area (Å²) in [5.74, 6) is -0.0255. The Bertz CT molecular complexity index is 148. The van der Waals surface area contributed by atoms with Crippen LogP contribution in [0.3, 0.4) is 0 Å². The minimum absolute atomic E-state index is 0.0255. The van der Waals surface area contributed by atoms with Gasteiger partial charge < -0.3 is 15.3 Å². The molecule has 0 spiro atoms. The monoisotopic (exact) mass is 160 g/mol. The van der Waals surface area contributed by atoms with Gasteiger partial charge in [-0.25, -0.2) is 0 Å². The number of aliphatic hydroxyl groups excluding tert-OH is 3. The van der Waals surface area contributed by atoms with Crippen LogP contribution in [0, 0.1) is 11.3 Å². The predicted octanol–water partition coefficient (Wildman–Crippen LogP) is -0.253. The summed E-state index contributed by atoms with van der Waals surface area (Å²) in [6, 6.07) is 0. The summed E-state index contributed by atoms with van der Waals surface area (Å²) >= 11 is 0. The molecule has 1 saturated carbocycles. The zero-order valence-electron chi connectivity index (χ0n) is 6.99. The van der Waals surface area contributed by atoms with Crippen LogP contribution in [0.5, 0.6) is 0 Å². The summed E-state index contributed by atoms with van der Waals surface area (Å²) < 4.78 is 0. The molecular weight excluding hydrogens is 144 g/mol. The van der Waals surface area contributed by atoms with Crippen molar-refractivity contribution in [3.05, 3.63) is 0 Å². The summed E-state index contributed by atoms with van der Waals surface area (Å²) in [4.78, 5) is 0. The van der Waals surface area contributed by atoms with Gasteiger partial charge in [-0.15, -0.1) is 0 Å². The minimum Gasteiger partial charge on any atom is -0.396 e. The first-order valence-electron chi connectivity index (χ1n) is 3.99. The van der Waals surface area contributed by atoms with Crippen LogP contribution in [-0.2, 0) is 0 Å². The van der Waals surface area contributed by atoms with Gasteiger partial charge >= 0.3 is 0 Å². The molecule has 0 aromatic heterocycles. The fourth-order valence-electron chi connectivity index (χ4n) is 1.69. The van der Waals surface area contributed by atoms with Crippen LogP contribution in [0.25, 0.3) is 0 Å². The molecule has 1 aliphatic rings. The summed E-state index contributed by atoms with van der Waals surface area (Å²) in [5, 5.41) is 27.8. The van der Waals surface area contributed by atoms with E-state index in [9.17, 15) is 10.2 Å². The van der Waals surface area contributed by atoms with Crippen LogP contribution in [0.4, 0.5) is 0 Å². The van der Waals surface area contributed by atoms with Gasteiger partial charge in [0.05, 0.1) is 18.8 Å². The standard InChI is InChI=1S/C8H16O3/c1-5-6(10)3-7(11)8(5,2)4-9/h5-7,9-11H,3-4H2,1-2H3/t5-,6+,7?,8+/m1/s1. The maximum atomic E-state index is 9.47. The van der Waals surface area contributed by atoms with Crippen molar-refractivity contribution >= 4 is 0 Å². The van der Waals surface area contributed by atoms with Crippen molar-refractivity contribution in [2.45, 2.75) is 32.5 Å². The highest BCUT2D eigenvalue weighted by atomic mass is 16.3. The van der Waals surface area contributed by atoms with Crippen LogP contribution >= 0.6 is 0 Å². The van der Waals surface area contributed by atoms with Gasteiger partial charge in [0.15, 0.2) is 0 Å². The Morgan fingerprint density at radius 3 is 2.18 bits per heavy atom. The molecule has 0 heterocycles. The molecule has 3 N–H and O–H groups in total. The quantitative estimate of drug-likeness (QED) is 0.495. The maximum absolute atomic E-state index is 9.47. The molecule has 3 nitrogen and oxygen atoms in total. The van der Waals surface area contributed by atoms with Gasteiger partial charge in [-0.1, -0.05) is 13.8 Å². The maximum Gasteiger partial charge on any atom is 0.0643 e. The van der Waals surface area contributed by atoms with E-state index in [2.05, 4.69) is 0 Å². The van der Waals surface area contributed by atoms with Gasteiger partial charge in [-0.05, 0) is 5.92 Å². The molecule has 1 aliphatic carbocycles. The summed E-state index contributed by atoms with van der Waals surface area (Å²) in [6.45, 7) is 3.60. The lowest BCUT2D eigenvalue weighted by atomic mass is 9.80. The molecule has 0 bridgehead atoms. The number of aliphatic hydroxyl groups is 3. The molecule has 3 heteroatoms. The molecule has 1 rings (SSSR count). The van der Waals surface area contributed by atoms with Crippen LogP contribution in [0.15, 0.2) is 0 Å². The average Bonchev–Trinajstić information content (AvgIpc) is 2.16. The first-order chi connectivity index (χ1) is 5.02. The van der Waals surface area contributed by atoms with Gasteiger partial charge in [-0.3, -0.25) is 0 Å². The molecule has 0 aliphatic heterocycles. The fraction of sp³-hybridized carbons (Fsp3) is 1.00. The van der Waals surface area contributed by atoms with E-state index in [0.29, 0.717) is 6.42 Å². The van der Waals surface area contributed by atoms with E-state index < -0.39 is 17.6 Å². The summed E-state index contributed by atoms with van der Waals surface area (Å²) in [7, 11) is 0. The molecular formula is C8H16O3. The Morgan fingerprint density at radius 1 is 1.45 bits per heavy atom. The van der Waals surface area contributed by atoms with Gasteiger partial charge in [0.2, 0.25) is 0 Å². The zero-order valence-corrected chi connectivity index (χ0v) is 6.99. The van der Waals surface area contributed by atoms with Crippen LogP contribution in [-0.4, -0.2) is 34.1 Å². The Hall–Kier alpha value is -0.120. The van der Waals surface area contributed by atoms with E-state index in [0.717, 1.165) is 0 Å². The molecule has 0 aromatic rings. The third-order valence-electron chi connectivity index (χ3n) is 3.18. The van der Waals surface area contributed by atoms with Crippen molar-refractivity contribution in [3.8, 4) is 0 Å². The summed E-state index contributed by atoms with van der Waals surface area (Å²) in [6.07, 6.45) is -0.655. The van der Waals surface area contributed by atoms with Crippen molar-refractivity contribution in [3.63, 3.8) is 0 Å². The second kappa shape index (κ2) is 2.73. The van der Waals surface area contributed by atoms with Gasteiger partial charge in [0, 0.05) is 11.8 Å². The lowest BCUT2D eigenvalue weighted by Gasteiger charge is -2.30. The molecule has 66 valence electrons. The van der Waals surface area contributed by atoms with Crippen molar-refractivity contribution in [2.24, 2.45) is 11.3 Å². The lowest BCUT2D eigenvalue weighted by Crippen LogP contribution is -2.36. The van der Waals surface area contributed by atoms with Gasteiger partial charge in [-0.2, -0.15) is 0 Å². The Balaban J connectivity index is 2.78. The molecule has 0 saturated heterocycles. The lowest BCUT2D eigenvalue weighted by molar-refractivity contribution is -0.00811. The fourth-order valence-corrected chi connectivity index (χ4v) is 1.69. The molecule has 0 amide bonds. The van der Waals surface area contributed by atoms with E-state index in [1.54, 1.807) is 6.92 Å². The van der Waals surface area contributed by atoms with Crippen LogP contribution in [0.1, 0.15) is 20.3 Å². The van der Waals surface area contributed by atoms with Crippen LogP contribution < -0.4 is 0 Å². The average molecular weight is 160 g/mol. The first-order valence-corrected chi connectivity index (χ1v) is 3.99.